The molecule has 9 heteroatoms. The summed E-state index contributed by atoms with van der Waals surface area (Å²) in [6, 6.07) is 10.2. The van der Waals surface area contributed by atoms with Crippen LogP contribution in [0.2, 0.25) is 5.02 Å². The molecule has 0 aliphatic carbocycles. The first-order chi connectivity index (χ1) is 13.8. The molecule has 29 heavy (non-hydrogen) atoms. The summed E-state index contributed by atoms with van der Waals surface area (Å²) in [6.07, 6.45) is -1.71. The molecule has 2 rings (SSSR count). The Morgan fingerprint density at radius 1 is 1.17 bits per heavy atom. The van der Waals surface area contributed by atoms with E-state index < -0.39 is 12.2 Å². The number of ether oxygens (including phenoxy) is 4. The minimum atomic E-state index is -0.942. The first-order valence-electron chi connectivity index (χ1n) is 8.77. The van der Waals surface area contributed by atoms with Gasteiger partial charge < -0.3 is 29.4 Å². The van der Waals surface area contributed by atoms with Crippen molar-refractivity contribution in [2.45, 2.75) is 19.1 Å². The van der Waals surface area contributed by atoms with E-state index in [0.29, 0.717) is 32.5 Å². The molecule has 1 amide bonds. The Morgan fingerprint density at radius 3 is 2.41 bits per heavy atom. The standard InChI is InChI=1S/C20H23BrClNO6/c1-12(29-16-8-7-13(22)9-15(16)21)20(25)23-10-14(24)11-28-19-17(26-2)5-4-6-18(19)27-3/h4-9,12,14,24H,10-11H2,1-3H3,(H,23,25). The van der Waals surface area contributed by atoms with Crippen molar-refractivity contribution >= 4 is 33.4 Å². The smallest absolute Gasteiger partial charge is 0.260 e. The molecule has 0 aliphatic heterocycles. The van der Waals surface area contributed by atoms with E-state index in [-0.39, 0.29) is 19.1 Å². The number of halogens is 2. The lowest BCUT2D eigenvalue weighted by atomic mass is 10.3. The van der Waals surface area contributed by atoms with Gasteiger partial charge in [-0.1, -0.05) is 17.7 Å². The molecule has 2 unspecified atom stereocenters. The molecule has 0 spiro atoms. The molecule has 0 radical (unpaired) electrons. The third-order valence-corrected chi connectivity index (χ3v) is 4.74. The number of methoxy groups -OCH3 is 2. The van der Waals surface area contributed by atoms with Crippen LogP contribution < -0.4 is 24.3 Å². The van der Waals surface area contributed by atoms with Gasteiger partial charge in [0.1, 0.15) is 18.5 Å². The number of aliphatic hydroxyl groups is 1. The van der Waals surface area contributed by atoms with Crippen molar-refractivity contribution in [3.63, 3.8) is 0 Å². The molecule has 0 saturated carbocycles. The van der Waals surface area contributed by atoms with Gasteiger partial charge in [0.05, 0.1) is 18.7 Å². The fourth-order valence-electron chi connectivity index (χ4n) is 2.37. The molecule has 0 saturated heterocycles. The maximum atomic E-state index is 12.2. The van der Waals surface area contributed by atoms with Crippen LogP contribution in [0.3, 0.4) is 0 Å². The minimum Gasteiger partial charge on any atom is -0.493 e. The summed E-state index contributed by atoms with van der Waals surface area (Å²) in [5.41, 5.74) is 0. The van der Waals surface area contributed by atoms with Crippen molar-refractivity contribution in [3.05, 3.63) is 45.9 Å². The quantitative estimate of drug-likeness (QED) is 0.533. The highest BCUT2D eigenvalue weighted by Gasteiger charge is 2.18. The molecule has 2 N–H and O–H groups in total. The Labute approximate surface area is 183 Å². The summed E-state index contributed by atoms with van der Waals surface area (Å²) >= 11 is 9.23. The van der Waals surface area contributed by atoms with Gasteiger partial charge in [0.15, 0.2) is 17.6 Å². The number of para-hydroxylation sites is 1. The van der Waals surface area contributed by atoms with E-state index in [4.69, 9.17) is 30.5 Å². The predicted octanol–water partition coefficient (Wildman–Crippen LogP) is 3.44. The van der Waals surface area contributed by atoms with Crippen LogP contribution in [0.1, 0.15) is 6.92 Å². The second-order valence-corrected chi connectivity index (χ2v) is 7.33. The first kappa shape index (κ1) is 23.1. The Hall–Kier alpha value is -2.16. The van der Waals surface area contributed by atoms with Gasteiger partial charge in [0.2, 0.25) is 5.75 Å². The van der Waals surface area contributed by atoms with Crippen molar-refractivity contribution in [2.24, 2.45) is 0 Å². The zero-order chi connectivity index (χ0) is 21.4. The fourth-order valence-corrected chi connectivity index (χ4v) is 3.15. The van der Waals surface area contributed by atoms with Gasteiger partial charge in [0, 0.05) is 11.6 Å². The summed E-state index contributed by atoms with van der Waals surface area (Å²) in [5.74, 6) is 1.46. The van der Waals surface area contributed by atoms with E-state index >= 15 is 0 Å². The highest BCUT2D eigenvalue weighted by molar-refractivity contribution is 9.10. The average Bonchev–Trinajstić information content (AvgIpc) is 2.71. The molecule has 2 atom stereocenters. The summed E-state index contributed by atoms with van der Waals surface area (Å²) in [4.78, 5) is 12.2. The number of carbonyl (C=O) groups is 1. The van der Waals surface area contributed by atoms with Gasteiger partial charge in [-0.2, -0.15) is 0 Å². The van der Waals surface area contributed by atoms with Crippen LogP contribution in [-0.4, -0.2) is 50.6 Å². The molecule has 0 heterocycles. The highest BCUT2D eigenvalue weighted by atomic mass is 79.9. The van der Waals surface area contributed by atoms with Gasteiger partial charge in [0.25, 0.3) is 5.91 Å². The normalized spacial score (nSPS) is 12.6. The highest BCUT2D eigenvalue weighted by Crippen LogP contribution is 2.36. The van der Waals surface area contributed by atoms with Gasteiger partial charge in [-0.05, 0) is 53.2 Å². The van der Waals surface area contributed by atoms with Crippen LogP contribution in [0.5, 0.6) is 23.0 Å². The third kappa shape index (κ3) is 6.69. The van der Waals surface area contributed by atoms with E-state index in [1.54, 1.807) is 43.3 Å². The van der Waals surface area contributed by atoms with E-state index in [0.717, 1.165) is 0 Å². The van der Waals surface area contributed by atoms with Gasteiger partial charge in [-0.3, -0.25) is 4.79 Å². The first-order valence-corrected chi connectivity index (χ1v) is 9.94. The van der Waals surface area contributed by atoms with Gasteiger partial charge >= 0.3 is 0 Å². The zero-order valence-corrected chi connectivity index (χ0v) is 18.6. The monoisotopic (exact) mass is 487 g/mol. The number of amides is 1. The number of hydrogen-bond acceptors (Lipinski definition) is 6. The SMILES string of the molecule is COc1cccc(OC)c1OCC(O)CNC(=O)C(C)Oc1ccc(Cl)cc1Br. The van der Waals surface area contributed by atoms with Crippen LogP contribution in [-0.2, 0) is 4.79 Å². The van der Waals surface area contributed by atoms with E-state index in [1.807, 2.05) is 0 Å². The Balaban J connectivity index is 1.84. The molecule has 0 fully saturated rings. The van der Waals surface area contributed by atoms with Crippen LogP contribution in [0.15, 0.2) is 40.9 Å². The largest absolute Gasteiger partial charge is 0.493 e. The lowest BCUT2D eigenvalue weighted by molar-refractivity contribution is -0.127. The molecular formula is C20H23BrClNO6. The summed E-state index contributed by atoms with van der Waals surface area (Å²) in [6.45, 7) is 1.54. The second-order valence-electron chi connectivity index (χ2n) is 6.04. The van der Waals surface area contributed by atoms with E-state index in [2.05, 4.69) is 21.2 Å². The minimum absolute atomic E-state index is 0.00815. The maximum absolute atomic E-state index is 12.2. The molecule has 2 aromatic rings. The molecule has 0 aliphatic rings. The van der Waals surface area contributed by atoms with Crippen LogP contribution in [0.4, 0.5) is 0 Å². The molecule has 0 aromatic heterocycles. The molecule has 0 bridgehead atoms. The number of aliphatic hydroxyl groups excluding tert-OH is 1. The third-order valence-electron chi connectivity index (χ3n) is 3.88. The van der Waals surface area contributed by atoms with Crippen molar-refractivity contribution < 1.29 is 28.8 Å². The number of benzene rings is 2. The summed E-state index contributed by atoms with van der Waals surface area (Å²) in [7, 11) is 3.03. The Morgan fingerprint density at radius 2 is 1.83 bits per heavy atom. The van der Waals surface area contributed by atoms with Crippen LogP contribution >= 0.6 is 27.5 Å². The molecule has 7 nitrogen and oxygen atoms in total. The van der Waals surface area contributed by atoms with Crippen molar-refractivity contribution in [1.82, 2.24) is 5.32 Å². The molecule has 2 aromatic carbocycles. The van der Waals surface area contributed by atoms with Crippen molar-refractivity contribution in [3.8, 4) is 23.0 Å². The molecular weight excluding hydrogens is 466 g/mol. The number of carbonyl (C=O) groups excluding carboxylic acids is 1. The van der Waals surface area contributed by atoms with Crippen molar-refractivity contribution in [1.29, 1.82) is 0 Å². The summed E-state index contributed by atoms with van der Waals surface area (Å²) < 4.78 is 22.4. The van der Waals surface area contributed by atoms with Gasteiger partial charge in [-0.25, -0.2) is 0 Å². The van der Waals surface area contributed by atoms with E-state index in [9.17, 15) is 9.90 Å². The van der Waals surface area contributed by atoms with Crippen molar-refractivity contribution in [2.75, 3.05) is 27.4 Å². The number of hydrogen-bond donors (Lipinski definition) is 2. The lowest BCUT2D eigenvalue weighted by Crippen LogP contribution is -2.41. The Kier molecular flexibility index (Phi) is 8.88. The zero-order valence-electron chi connectivity index (χ0n) is 16.3. The number of nitrogens with one attached hydrogen (secondary N) is 1. The predicted molar refractivity (Wildman–Crippen MR) is 113 cm³/mol. The second kappa shape index (κ2) is 11.1. The molecule has 158 valence electrons. The summed E-state index contributed by atoms with van der Waals surface area (Å²) in [5, 5.41) is 13.3. The Bertz CT molecular complexity index is 812. The lowest BCUT2D eigenvalue weighted by Gasteiger charge is -2.19. The van der Waals surface area contributed by atoms with E-state index in [1.165, 1.54) is 14.2 Å². The average molecular weight is 489 g/mol. The maximum Gasteiger partial charge on any atom is 0.260 e. The van der Waals surface area contributed by atoms with Crippen LogP contribution in [0.25, 0.3) is 0 Å². The number of rotatable bonds is 10. The topological polar surface area (TPSA) is 86.3 Å². The fraction of sp³-hybridized carbons (Fsp3) is 0.350. The van der Waals surface area contributed by atoms with Gasteiger partial charge in [-0.15, -0.1) is 0 Å². The van der Waals surface area contributed by atoms with Crippen LogP contribution in [0, 0.1) is 0 Å².